The van der Waals surface area contributed by atoms with Crippen LogP contribution in [-0.2, 0) is 5.41 Å². The summed E-state index contributed by atoms with van der Waals surface area (Å²) in [6, 6.07) is 72.7. The van der Waals surface area contributed by atoms with Crippen LogP contribution in [0.3, 0.4) is 0 Å². The molecule has 3 aliphatic heterocycles. The summed E-state index contributed by atoms with van der Waals surface area (Å²) < 4.78 is 0. The molecule has 71 heavy (non-hydrogen) atoms. The molecule has 8 aromatic rings. The van der Waals surface area contributed by atoms with Gasteiger partial charge in [0.05, 0.1) is 22.8 Å². The van der Waals surface area contributed by atoms with E-state index in [1.54, 1.807) is 12.2 Å². The Morgan fingerprint density at radius 3 is 1.79 bits per heavy atom. The predicted molar refractivity (Wildman–Crippen MR) is 302 cm³/mol. The first-order chi connectivity index (χ1) is 35.0. The average Bonchev–Trinajstić information content (AvgIpc) is 3.99. The summed E-state index contributed by atoms with van der Waals surface area (Å²) in [6.45, 7) is 12.7. The van der Waals surface area contributed by atoms with Crippen molar-refractivity contribution in [2.45, 2.75) is 38.4 Å². The maximum absolute atomic E-state index is 5.20. The summed E-state index contributed by atoms with van der Waals surface area (Å²) in [6.07, 6.45) is 13.3. The van der Waals surface area contributed by atoms with Gasteiger partial charge in [-0.1, -0.05) is 226 Å². The van der Waals surface area contributed by atoms with Crippen molar-refractivity contribution in [3.05, 3.63) is 301 Å². The van der Waals surface area contributed by atoms with Crippen molar-refractivity contribution in [1.29, 1.82) is 0 Å². The van der Waals surface area contributed by atoms with Gasteiger partial charge in [0.25, 0.3) is 0 Å². The fraction of sp³-hybridized carbons (Fsp3) is 0.106. The first kappa shape index (κ1) is 47.4. The SMILES string of the molecule is C/C=C/NC.C/C=C\C.C1=C(c2cccc(-c3cccc4c3-c3ccccc3C43c4ccccc4N4c5c(cccc53)NC4c3ccccc3)c2)NC(c2ccccc2)=NC1c1ccccc1.C=CC=C. The molecule has 4 aliphatic rings. The van der Waals surface area contributed by atoms with E-state index in [9.17, 15) is 0 Å². The predicted octanol–water partition coefficient (Wildman–Crippen LogP) is 16.1. The van der Waals surface area contributed by atoms with E-state index in [-0.39, 0.29) is 12.2 Å². The van der Waals surface area contributed by atoms with E-state index in [0.29, 0.717) is 0 Å². The van der Waals surface area contributed by atoms with Crippen LogP contribution in [0.5, 0.6) is 0 Å². The van der Waals surface area contributed by atoms with E-state index in [2.05, 4.69) is 234 Å². The van der Waals surface area contributed by atoms with Crippen LogP contribution < -0.4 is 20.9 Å². The van der Waals surface area contributed by atoms with Gasteiger partial charge in [0.2, 0.25) is 0 Å². The zero-order chi connectivity index (χ0) is 49.2. The Morgan fingerprint density at radius 2 is 1.11 bits per heavy atom. The summed E-state index contributed by atoms with van der Waals surface area (Å²) in [5.41, 5.74) is 19.0. The summed E-state index contributed by atoms with van der Waals surface area (Å²) >= 11 is 0. The number of aliphatic imine (C=N–C) groups is 1. The van der Waals surface area contributed by atoms with Crippen molar-refractivity contribution in [1.82, 2.24) is 10.6 Å². The van der Waals surface area contributed by atoms with Gasteiger partial charge in [0.15, 0.2) is 0 Å². The van der Waals surface area contributed by atoms with E-state index in [4.69, 9.17) is 4.99 Å². The van der Waals surface area contributed by atoms with Crippen molar-refractivity contribution < 1.29 is 0 Å². The molecule has 0 radical (unpaired) electrons. The highest BCUT2D eigenvalue weighted by Crippen LogP contribution is 2.66. The van der Waals surface area contributed by atoms with E-state index in [1.807, 2.05) is 58.3 Å². The van der Waals surface area contributed by atoms with Crippen molar-refractivity contribution in [3.8, 4) is 22.3 Å². The number of benzene rings is 8. The van der Waals surface area contributed by atoms with E-state index >= 15 is 0 Å². The van der Waals surface area contributed by atoms with Crippen molar-refractivity contribution in [2.24, 2.45) is 4.99 Å². The third-order valence-electron chi connectivity index (χ3n) is 13.3. The van der Waals surface area contributed by atoms with E-state index < -0.39 is 5.41 Å². The number of allylic oxidation sites excluding steroid dienone is 5. The van der Waals surface area contributed by atoms with Crippen LogP contribution in [0.25, 0.3) is 28.0 Å². The molecule has 3 N–H and O–H groups in total. The molecule has 1 spiro atoms. The highest BCUT2D eigenvalue weighted by Gasteiger charge is 2.54. The largest absolute Gasteiger partial charge is 0.394 e. The average molecular weight is 924 g/mol. The fourth-order valence-electron chi connectivity index (χ4n) is 10.3. The number of nitrogens with one attached hydrogen (secondary N) is 3. The molecule has 0 bridgehead atoms. The smallest absolute Gasteiger partial charge is 0.133 e. The molecule has 5 nitrogen and oxygen atoms in total. The molecule has 0 aromatic heterocycles. The minimum Gasteiger partial charge on any atom is -0.394 e. The van der Waals surface area contributed by atoms with Gasteiger partial charge in [-0.2, -0.15) is 0 Å². The third-order valence-corrected chi connectivity index (χ3v) is 13.3. The highest BCUT2D eigenvalue weighted by atomic mass is 15.3. The second-order valence-corrected chi connectivity index (χ2v) is 17.5. The van der Waals surface area contributed by atoms with Gasteiger partial charge in [-0.3, -0.25) is 4.99 Å². The first-order valence-corrected chi connectivity index (χ1v) is 24.5. The molecule has 1 aliphatic carbocycles. The van der Waals surface area contributed by atoms with Gasteiger partial charge in [0.1, 0.15) is 12.0 Å². The minimum absolute atomic E-state index is 0.0160. The third kappa shape index (κ3) is 8.95. The number of hydrogen-bond acceptors (Lipinski definition) is 5. The molecule has 0 amide bonds. The fourth-order valence-corrected chi connectivity index (χ4v) is 10.3. The lowest BCUT2D eigenvalue weighted by atomic mass is 9.64. The topological polar surface area (TPSA) is 51.7 Å². The standard InChI is InChI=1S/C54H38N4.C4H9N.C4H8.C4H6/c1-4-17-35(18-5-1)47-34-48(56-52(55-47)36-19-6-2-7-20-36)39-24-14-23-38(33-39)40-26-15-29-44-50(40)41-25-10-11-27-42(41)54(44)43-28-12-13-32-49(43)58-51-45(54)30-16-31-46(51)57-53(58)37-21-8-3-9-22-37;1-3-4-5-2;2*1-3-4-2/h1-34,47,53,57H,(H,55,56);3-5H,1-2H3;3-4H,1-2H3;3-4H,1-2H2/b;4-3+;4-3-;. The molecule has 8 aromatic carbocycles. The van der Waals surface area contributed by atoms with E-state index in [0.717, 1.165) is 33.9 Å². The Bertz CT molecular complexity index is 3260. The Labute approximate surface area is 420 Å². The number of para-hydroxylation sites is 2. The number of rotatable bonds is 7. The molecule has 0 saturated heterocycles. The Balaban J connectivity index is 0.000000431. The summed E-state index contributed by atoms with van der Waals surface area (Å²) in [5, 5.41) is 10.5. The monoisotopic (exact) mass is 923 g/mol. The van der Waals surface area contributed by atoms with Gasteiger partial charge < -0.3 is 20.9 Å². The van der Waals surface area contributed by atoms with Crippen molar-refractivity contribution in [2.75, 3.05) is 17.3 Å². The van der Waals surface area contributed by atoms with E-state index in [1.165, 1.54) is 61.4 Å². The van der Waals surface area contributed by atoms with Crippen LogP contribution >= 0.6 is 0 Å². The van der Waals surface area contributed by atoms with Crippen LogP contribution in [0.2, 0.25) is 0 Å². The summed E-state index contributed by atoms with van der Waals surface area (Å²) in [7, 11) is 1.88. The summed E-state index contributed by atoms with van der Waals surface area (Å²) in [4.78, 5) is 7.73. The number of anilines is 3. The summed E-state index contributed by atoms with van der Waals surface area (Å²) in [5.74, 6) is 0.873. The molecule has 3 unspecified atom stereocenters. The highest BCUT2D eigenvalue weighted by molar-refractivity contribution is 6.05. The quantitative estimate of drug-likeness (QED) is 0.110. The zero-order valence-electron chi connectivity index (χ0n) is 41.1. The molecular weight excluding hydrogens is 863 g/mol. The van der Waals surface area contributed by atoms with Crippen molar-refractivity contribution >= 4 is 28.6 Å². The number of nitrogens with zero attached hydrogens (tertiary/aromatic N) is 2. The maximum atomic E-state index is 5.20. The van der Waals surface area contributed by atoms with Gasteiger partial charge >= 0.3 is 0 Å². The van der Waals surface area contributed by atoms with Gasteiger partial charge in [-0.05, 0) is 112 Å². The maximum Gasteiger partial charge on any atom is 0.133 e. The molecule has 0 saturated carbocycles. The lowest BCUT2D eigenvalue weighted by Crippen LogP contribution is -2.37. The number of amidine groups is 1. The lowest BCUT2D eigenvalue weighted by Gasteiger charge is -2.44. The van der Waals surface area contributed by atoms with Crippen molar-refractivity contribution in [3.63, 3.8) is 0 Å². The van der Waals surface area contributed by atoms with Gasteiger partial charge in [-0.15, -0.1) is 0 Å². The Kier molecular flexibility index (Phi) is 14.5. The molecule has 3 atom stereocenters. The van der Waals surface area contributed by atoms with Gasteiger partial charge in [0, 0.05) is 24.0 Å². The molecule has 350 valence electrons. The zero-order valence-corrected chi connectivity index (χ0v) is 41.1. The number of fused-ring (bicyclic) bond motifs is 9. The molecule has 3 heterocycles. The number of hydrogen-bond donors (Lipinski definition) is 3. The molecule has 0 fully saturated rings. The molecule has 5 heteroatoms. The molecular formula is C66H61N5. The Hall–Kier alpha value is -8.67. The first-order valence-electron chi connectivity index (χ1n) is 24.5. The normalized spacial score (nSPS) is 17.2. The Morgan fingerprint density at radius 1 is 0.549 bits per heavy atom. The lowest BCUT2D eigenvalue weighted by molar-refractivity contribution is 0.720. The van der Waals surface area contributed by atoms with Crippen LogP contribution in [-0.4, -0.2) is 12.9 Å². The van der Waals surface area contributed by atoms with Crippen LogP contribution in [0.1, 0.15) is 77.5 Å². The van der Waals surface area contributed by atoms with Crippen LogP contribution in [0.4, 0.5) is 17.1 Å². The van der Waals surface area contributed by atoms with Crippen LogP contribution in [0.15, 0.2) is 261 Å². The van der Waals surface area contributed by atoms with Crippen LogP contribution in [0, 0.1) is 0 Å². The minimum atomic E-state index is -0.511. The van der Waals surface area contributed by atoms with Gasteiger partial charge in [-0.25, -0.2) is 0 Å². The second kappa shape index (κ2) is 21.7. The second-order valence-electron chi connectivity index (χ2n) is 17.5. The molecule has 12 rings (SSSR count).